The van der Waals surface area contributed by atoms with Crippen molar-refractivity contribution in [2.75, 3.05) is 5.75 Å². The van der Waals surface area contributed by atoms with Gasteiger partial charge >= 0.3 is 6.16 Å². The summed E-state index contributed by atoms with van der Waals surface area (Å²) in [6.07, 6.45) is -0.138. The first kappa shape index (κ1) is 22.3. The van der Waals surface area contributed by atoms with Crippen molar-refractivity contribution in [2.24, 2.45) is 0 Å². The Labute approximate surface area is 204 Å². The number of ether oxygens (including phenoxy) is 1. The molecule has 3 nitrogen and oxygen atoms in total. The molecule has 0 atom stereocenters. The van der Waals surface area contributed by atoms with Crippen LogP contribution in [0.1, 0.15) is 25.8 Å². The van der Waals surface area contributed by atoms with Crippen LogP contribution in [-0.2, 0) is 5.41 Å². The smallest absolute Gasteiger partial charge is 0.449 e. The summed E-state index contributed by atoms with van der Waals surface area (Å²) in [5.74, 6) is 1.47. The molecular weight excluding hydrogens is 440 g/mol. The number of carboxylic acid groups (broad SMARTS) is 1. The van der Waals surface area contributed by atoms with Gasteiger partial charge in [0.15, 0.2) is 0 Å². The molecule has 0 aliphatic carbocycles. The van der Waals surface area contributed by atoms with E-state index in [1.165, 1.54) is 39.1 Å². The third-order valence-corrected chi connectivity index (χ3v) is 7.58. The Hall–Kier alpha value is -3.50. The maximum Gasteiger partial charge on any atom is 0.511 e. The summed E-state index contributed by atoms with van der Waals surface area (Å²) in [5.41, 5.74) is 8.42. The summed E-state index contributed by atoms with van der Waals surface area (Å²) in [4.78, 5) is 12.2. The molecule has 0 amide bonds. The molecule has 34 heavy (non-hydrogen) atoms. The number of rotatable bonds is 4. The number of thioether (sulfide) groups is 1. The summed E-state index contributed by atoms with van der Waals surface area (Å²) >= 11 is 1.95. The lowest BCUT2D eigenvalue weighted by molar-refractivity contribution is 0.144. The Morgan fingerprint density at radius 2 is 1.50 bits per heavy atom. The molecule has 0 unspecified atom stereocenters. The Morgan fingerprint density at radius 1 is 0.794 bits per heavy atom. The third kappa shape index (κ3) is 4.46. The van der Waals surface area contributed by atoms with E-state index in [-0.39, 0.29) is 5.41 Å². The predicted molar refractivity (Wildman–Crippen MR) is 140 cm³/mol. The summed E-state index contributed by atoms with van der Waals surface area (Å²) < 4.78 is 4.76. The number of hydrogen-bond donors (Lipinski definition) is 1. The number of carbonyl (C=O) groups is 1. The average molecular weight is 467 g/mol. The fourth-order valence-electron chi connectivity index (χ4n) is 4.55. The van der Waals surface area contributed by atoms with Crippen LogP contribution in [0, 0.1) is 0 Å². The van der Waals surface area contributed by atoms with Gasteiger partial charge in [0.05, 0.1) is 0 Å². The van der Waals surface area contributed by atoms with Crippen LogP contribution >= 0.6 is 11.8 Å². The normalized spacial score (nSPS) is 14.3. The van der Waals surface area contributed by atoms with Crippen LogP contribution in [0.2, 0.25) is 0 Å². The second-order valence-electron chi connectivity index (χ2n) is 9.21. The largest absolute Gasteiger partial charge is 0.511 e. The summed E-state index contributed by atoms with van der Waals surface area (Å²) in [6, 6.07) is 31.1. The first-order valence-corrected chi connectivity index (χ1v) is 12.4. The van der Waals surface area contributed by atoms with Gasteiger partial charge in [0.1, 0.15) is 5.75 Å². The van der Waals surface area contributed by atoms with Crippen molar-refractivity contribution in [2.45, 2.75) is 30.6 Å². The van der Waals surface area contributed by atoms with Gasteiger partial charge in [-0.15, -0.1) is 11.8 Å². The van der Waals surface area contributed by atoms with E-state index in [0.717, 1.165) is 16.9 Å². The molecule has 1 heterocycles. The minimum atomic E-state index is -1.31. The van der Waals surface area contributed by atoms with Gasteiger partial charge in [-0.3, -0.25) is 0 Å². The second kappa shape index (κ2) is 9.03. The molecule has 0 radical (unpaired) electrons. The lowest BCUT2D eigenvalue weighted by Gasteiger charge is -2.32. The molecule has 0 fully saturated rings. The van der Waals surface area contributed by atoms with Crippen LogP contribution in [0.3, 0.4) is 0 Å². The van der Waals surface area contributed by atoms with Crippen molar-refractivity contribution >= 4 is 17.9 Å². The van der Waals surface area contributed by atoms with Crippen molar-refractivity contribution < 1.29 is 14.6 Å². The molecule has 1 aliphatic heterocycles. The number of benzene rings is 4. The summed E-state index contributed by atoms with van der Waals surface area (Å²) in [5, 5.41) is 8.85. The zero-order valence-corrected chi connectivity index (χ0v) is 20.1. The average Bonchev–Trinajstić information content (AvgIpc) is 2.84. The van der Waals surface area contributed by atoms with Gasteiger partial charge in [-0.25, -0.2) is 4.79 Å². The van der Waals surface area contributed by atoms with E-state index in [4.69, 9.17) is 9.84 Å². The van der Waals surface area contributed by atoms with Gasteiger partial charge in [-0.2, -0.15) is 0 Å². The molecule has 0 aromatic heterocycles. The fourth-order valence-corrected chi connectivity index (χ4v) is 6.04. The van der Waals surface area contributed by atoms with Gasteiger partial charge in [0.2, 0.25) is 0 Å². The maximum absolute atomic E-state index is 10.8. The highest BCUT2D eigenvalue weighted by molar-refractivity contribution is 7.99. The minimum absolute atomic E-state index is 0.154. The highest BCUT2D eigenvalue weighted by Gasteiger charge is 2.28. The Kier molecular flexibility index (Phi) is 5.93. The monoisotopic (exact) mass is 466 g/mol. The lowest BCUT2D eigenvalue weighted by Crippen LogP contribution is -2.22. The van der Waals surface area contributed by atoms with Crippen LogP contribution < -0.4 is 4.74 Å². The number of fused-ring (bicyclic) bond motifs is 1. The molecule has 4 aromatic carbocycles. The van der Waals surface area contributed by atoms with E-state index in [1.807, 2.05) is 30.0 Å². The highest BCUT2D eigenvalue weighted by Crippen LogP contribution is 2.44. The van der Waals surface area contributed by atoms with Crippen LogP contribution in [0.25, 0.3) is 33.4 Å². The molecule has 0 saturated heterocycles. The Morgan fingerprint density at radius 3 is 2.24 bits per heavy atom. The van der Waals surface area contributed by atoms with Crippen molar-refractivity contribution in [3.05, 3.63) is 96.6 Å². The van der Waals surface area contributed by atoms with Crippen LogP contribution in [0.4, 0.5) is 4.79 Å². The zero-order chi connectivity index (χ0) is 23.7. The lowest BCUT2D eigenvalue weighted by atomic mass is 9.80. The molecular formula is C30H26O3S. The minimum Gasteiger partial charge on any atom is -0.449 e. The third-order valence-electron chi connectivity index (χ3n) is 6.50. The summed E-state index contributed by atoms with van der Waals surface area (Å²) in [7, 11) is 0. The maximum atomic E-state index is 10.8. The molecule has 0 spiro atoms. The SMILES string of the molecule is CC1(C)CCSc2ccc(-c3cc(-c4ccc(OC(=O)O)cc4)ccc3-c3ccccc3)cc21. The van der Waals surface area contributed by atoms with Crippen molar-refractivity contribution in [1.82, 2.24) is 0 Å². The standard InChI is InChI=1S/C30H26O3S/c1-30(2)16-17-34-28-15-11-23(19-27(28)30)26-18-22(10-14-25(26)21-6-4-3-5-7-21)20-8-12-24(13-9-20)33-29(31)32/h3-15,18-19H,16-17H2,1-2H3,(H,31,32). The van der Waals surface area contributed by atoms with Crippen LogP contribution in [-0.4, -0.2) is 17.0 Å². The van der Waals surface area contributed by atoms with E-state index in [1.54, 1.807) is 12.1 Å². The van der Waals surface area contributed by atoms with Crippen molar-refractivity contribution in [3.63, 3.8) is 0 Å². The van der Waals surface area contributed by atoms with Gasteiger partial charge in [-0.05, 0) is 86.9 Å². The van der Waals surface area contributed by atoms with Crippen molar-refractivity contribution in [1.29, 1.82) is 0 Å². The molecule has 170 valence electrons. The molecule has 0 saturated carbocycles. The fraction of sp³-hybridized carbons (Fsp3) is 0.167. The van der Waals surface area contributed by atoms with E-state index < -0.39 is 6.16 Å². The van der Waals surface area contributed by atoms with E-state index in [9.17, 15) is 4.79 Å². The second-order valence-corrected chi connectivity index (χ2v) is 10.3. The molecule has 5 rings (SSSR count). The van der Waals surface area contributed by atoms with Crippen molar-refractivity contribution in [3.8, 4) is 39.1 Å². The van der Waals surface area contributed by atoms with Crippen LogP contribution in [0.5, 0.6) is 5.75 Å². The zero-order valence-electron chi connectivity index (χ0n) is 19.2. The Balaban J connectivity index is 1.63. The van der Waals surface area contributed by atoms with E-state index in [2.05, 4.69) is 74.5 Å². The van der Waals surface area contributed by atoms with Gasteiger partial charge in [0.25, 0.3) is 0 Å². The predicted octanol–water partition coefficient (Wildman–Crippen LogP) is 8.52. The highest BCUT2D eigenvalue weighted by atomic mass is 32.2. The molecule has 4 heteroatoms. The van der Waals surface area contributed by atoms with Crippen LogP contribution in [0.15, 0.2) is 95.9 Å². The Bertz CT molecular complexity index is 1340. The quantitative estimate of drug-likeness (QED) is 0.242. The molecule has 1 aliphatic rings. The van der Waals surface area contributed by atoms with Gasteiger partial charge in [0, 0.05) is 4.90 Å². The molecule has 4 aromatic rings. The molecule has 1 N–H and O–H groups in total. The van der Waals surface area contributed by atoms with Gasteiger partial charge in [-0.1, -0.05) is 74.5 Å². The molecule has 0 bridgehead atoms. The number of hydrogen-bond acceptors (Lipinski definition) is 3. The first-order chi connectivity index (χ1) is 16.4. The van der Waals surface area contributed by atoms with Gasteiger partial charge < -0.3 is 9.84 Å². The first-order valence-electron chi connectivity index (χ1n) is 11.4. The summed E-state index contributed by atoms with van der Waals surface area (Å²) in [6.45, 7) is 4.68. The van der Waals surface area contributed by atoms with E-state index in [0.29, 0.717) is 5.75 Å². The van der Waals surface area contributed by atoms with E-state index >= 15 is 0 Å². The topological polar surface area (TPSA) is 46.5 Å².